The Kier molecular flexibility index (Phi) is 17.9. The summed E-state index contributed by atoms with van der Waals surface area (Å²) in [6.45, 7) is 18.2. The normalized spacial score (nSPS) is 11.8. The van der Waals surface area contributed by atoms with Gasteiger partial charge in [-0.25, -0.2) is 12.2 Å². The van der Waals surface area contributed by atoms with E-state index in [2.05, 4.69) is 145 Å². The Morgan fingerprint density at radius 2 is 1.13 bits per heavy atom. The van der Waals surface area contributed by atoms with Crippen LogP contribution in [0.25, 0.3) is 32.7 Å². The fourth-order valence-corrected chi connectivity index (χ4v) is 6.50. The molecule has 0 N–H and O–H groups in total. The SMILES string of the molecule is Cc1[c-]c2c(cc1C(C)(C)C)-c1cc(C(C)(C)C)c(C)cc1C2.Cl.Cl.[C-]1=CC=CC1.[CH2]=[Zr].[c-]1ccc2ccccc2c1.[c-]1ccc2ccccc2c1. The molecule has 0 aliphatic heterocycles. The van der Waals surface area contributed by atoms with Crippen molar-refractivity contribution in [3.05, 3.63) is 179 Å². The Bertz CT molecular complexity index is 1810. The predicted molar refractivity (Wildman–Crippen MR) is 229 cm³/mol. The predicted octanol–water partition coefficient (Wildman–Crippen LogP) is 13.7. The molecular formula is C49H52Cl2Zr-4. The molecule has 52 heavy (non-hydrogen) atoms. The van der Waals surface area contributed by atoms with E-state index in [9.17, 15) is 0 Å². The van der Waals surface area contributed by atoms with Crippen molar-refractivity contribution < 1.29 is 24.2 Å². The van der Waals surface area contributed by atoms with E-state index in [1.54, 1.807) is 0 Å². The summed E-state index contributed by atoms with van der Waals surface area (Å²) < 4.78 is 3.34. The van der Waals surface area contributed by atoms with Gasteiger partial charge in [0.15, 0.2) is 0 Å². The first-order chi connectivity index (χ1) is 23.9. The van der Waals surface area contributed by atoms with Crippen LogP contribution >= 0.6 is 24.8 Å². The van der Waals surface area contributed by atoms with Gasteiger partial charge in [-0.3, -0.25) is 6.08 Å². The molecule has 0 unspecified atom stereocenters. The number of allylic oxidation sites excluding steroid dienone is 4. The van der Waals surface area contributed by atoms with Gasteiger partial charge in [-0.1, -0.05) is 108 Å². The molecule has 8 rings (SSSR count). The third kappa shape index (κ3) is 12.1. The van der Waals surface area contributed by atoms with Gasteiger partial charge in [-0.2, -0.15) is 72.3 Å². The van der Waals surface area contributed by atoms with E-state index in [0.29, 0.717) is 0 Å². The molecular weight excluding hydrogens is 751 g/mol. The zero-order valence-electron chi connectivity index (χ0n) is 32.0. The number of fused-ring (bicyclic) bond motifs is 5. The summed E-state index contributed by atoms with van der Waals surface area (Å²) in [6, 6.07) is 45.5. The first-order valence-electron chi connectivity index (χ1n) is 17.4. The fourth-order valence-electron chi connectivity index (χ4n) is 6.50. The molecule has 6 aromatic rings. The number of halogens is 2. The quantitative estimate of drug-likeness (QED) is 0.134. The van der Waals surface area contributed by atoms with Crippen LogP contribution in [-0.2, 0) is 41.5 Å². The summed E-state index contributed by atoms with van der Waals surface area (Å²) in [5, 5.41) is 5.07. The van der Waals surface area contributed by atoms with Gasteiger partial charge in [0.1, 0.15) is 0 Å². The average Bonchev–Trinajstić information content (AvgIpc) is 3.80. The van der Waals surface area contributed by atoms with Crippen LogP contribution in [0.2, 0.25) is 0 Å². The Morgan fingerprint density at radius 1 is 0.635 bits per heavy atom. The van der Waals surface area contributed by atoms with Crippen LogP contribution in [-0.4, -0.2) is 4.21 Å². The van der Waals surface area contributed by atoms with E-state index in [0.717, 1.165) is 12.8 Å². The Labute approximate surface area is 341 Å². The molecule has 0 nitrogen and oxygen atoms in total. The van der Waals surface area contributed by atoms with Crippen LogP contribution in [0.5, 0.6) is 0 Å². The van der Waals surface area contributed by atoms with Crippen LogP contribution in [0.4, 0.5) is 0 Å². The van der Waals surface area contributed by atoms with Crippen LogP contribution in [0.1, 0.15) is 81.3 Å². The van der Waals surface area contributed by atoms with Gasteiger partial charge in [0.05, 0.1) is 0 Å². The first kappa shape index (κ1) is 44.8. The number of benzene rings is 6. The van der Waals surface area contributed by atoms with Crippen molar-refractivity contribution >= 4 is 50.6 Å². The monoisotopic (exact) mass is 800 g/mol. The number of rotatable bonds is 0. The second kappa shape index (κ2) is 20.8. The van der Waals surface area contributed by atoms with Crippen molar-refractivity contribution in [3.8, 4) is 11.1 Å². The molecule has 0 aromatic heterocycles. The summed E-state index contributed by atoms with van der Waals surface area (Å²) in [4.78, 5) is 0. The third-order valence-electron chi connectivity index (χ3n) is 8.85. The zero-order chi connectivity index (χ0) is 36.3. The van der Waals surface area contributed by atoms with E-state index in [1.807, 2.05) is 60.7 Å². The summed E-state index contributed by atoms with van der Waals surface area (Å²) in [5.41, 5.74) is 11.6. The van der Waals surface area contributed by atoms with Gasteiger partial charge >= 0.3 is 28.4 Å². The van der Waals surface area contributed by atoms with Gasteiger partial charge in [-0.15, -0.1) is 81.6 Å². The zero-order valence-corrected chi connectivity index (χ0v) is 36.1. The molecule has 6 aromatic carbocycles. The number of hydrogen-bond donors (Lipinski definition) is 0. The second-order valence-electron chi connectivity index (χ2n) is 14.8. The molecule has 0 atom stereocenters. The summed E-state index contributed by atoms with van der Waals surface area (Å²) in [7, 11) is 0. The van der Waals surface area contributed by atoms with Crippen molar-refractivity contribution in [3.63, 3.8) is 0 Å². The molecule has 270 valence electrons. The molecule has 0 saturated carbocycles. The summed E-state index contributed by atoms with van der Waals surface area (Å²) >= 11 is 1.30. The maximum Gasteiger partial charge on any atom is -0.0648 e. The van der Waals surface area contributed by atoms with E-state index >= 15 is 0 Å². The van der Waals surface area contributed by atoms with Gasteiger partial charge < -0.3 is 0 Å². The molecule has 2 aliphatic rings. The number of aryl methyl sites for hydroxylation is 2. The molecule has 0 saturated heterocycles. The number of hydrogen-bond acceptors (Lipinski definition) is 0. The van der Waals surface area contributed by atoms with Gasteiger partial charge in [-0.05, 0) is 35.4 Å². The standard InChI is InChI=1S/C23H29.2C10H7.C5H5.CH2.2ClH.Zr/c1-14-9-16-11-17-10-15(2)21(23(6,7)8)13-19(17)18(16)12-20(14)22(3,4)5;2*1-2-6-10-8-4-3-7-9(10)5-1;1-2-4-5-3-1;;;;/h9,12-13H,11H2,1-8H3;2*1-3,5-8H;1-3H,4H2;1H2;2*1H;/q4*-1;;;;. The summed E-state index contributed by atoms with van der Waals surface area (Å²) in [6.07, 6.45) is 11.0. The molecule has 0 heterocycles. The van der Waals surface area contributed by atoms with Crippen molar-refractivity contribution in [2.24, 2.45) is 0 Å². The van der Waals surface area contributed by atoms with Crippen LogP contribution in [0.15, 0.2) is 121 Å². The van der Waals surface area contributed by atoms with Gasteiger partial charge in [0, 0.05) is 0 Å². The van der Waals surface area contributed by atoms with E-state index in [4.69, 9.17) is 0 Å². The Morgan fingerprint density at radius 3 is 1.56 bits per heavy atom. The van der Waals surface area contributed by atoms with Crippen molar-refractivity contribution in [2.75, 3.05) is 0 Å². The van der Waals surface area contributed by atoms with Crippen LogP contribution in [0.3, 0.4) is 0 Å². The van der Waals surface area contributed by atoms with Crippen molar-refractivity contribution in [2.45, 2.75) is 79.1 Å². The molecule has 3 heteroatoms. The Balaban J connectivity index is 0.000000267. The minimum Gasteiger partial charge on any atom is -0.183 e. The fraction of sp³-hybridized carbons (Fsp3) is 0.245. The van der Waals surface area contributed by atoms with Crippen molar-refractivity contribution in [1.82, 2.24) is 0 Å². The average molecular weight is 803 g/mol. The van der Waals surface area contributed by atoms with Gasteiger partial charge in [0.2, 0.25) is 0 Å². The topological polar surface area (TPSA) is 0 Å². The maximum atomic E-state index is 3.69. The molecule has 0 spiro atoms. The molecule has 2 aliphatic carbocycles. The second-order valence-corrected chi connectivity index (χ2v) is 14.8. The smallest absolute Gasteiger partial charge is 0.0648 e. The molecule has 0 bridgehead atoms. The van der Waals surface area contributed by atoms with E-state index < -0.39 is 0 Å². The Hall–Kier alpha value is -3.35. The summed E-state index contributed by atoms with van der Waals surface area (Å²) in [5.74, 6) is 0. The first-order valence-corrected chi connectivity index (χ1v) is 19.1. The van der Waals surface area contributed by atoms with E-state index in [1.165, 1.54) is 90.3 Å². The van der Waals surface area contributed by atoms with Crippen LogP contribution in [0, 0.1) is 38.1 Å². The minimum atomic E-state index is 0. The maximum absolute atomic E-state index is 3.69. The largest absolute Gasteiger partial charge is 0.183 e. The molecule has 0 radical (unpaired) electrons. The van der Waals surface area contributed by atoms with Crippen LogP contribution < -0.4 is 0 Å². The van der Waals surface area contributed by atoms with Gasteiger partial charge in [0.25, 0.3) is 0 Å². The van der Waals surface area contributed by atoms with Crippen molar-refractivity contribution in [1.29, 1.82) is 0 Å². The minimum absolute atomic E-state index is 0. The third-order valence-corrected chi connectivity index (χ3v) is 8.85. The molecule has 0 amide bonds. The molecule has 0 fully saturated rings. The van der Waals surface area contributed by atoms with E-state index in [-0.39, 0.29) is 35.6 Å².